The van der Waals surface area contributed by atoms with Crippen molar-refractivity contribution in [2.24, 2.45) is 0 Å². The zero-order valence-electron chi connectivity index (χ0n) is 10.3. The third-order valence-electron chi connectivity index (χ3n) is 3.03. The molecule has 5 heteroatoms. The predicted molar refractivity (Wildman–Crippen MR) is 74.7 cm³/mol. The Morgan fingerprint density at radius 2 is 2.28 bits per heavy atom. The van der Waals surface area contributed by atoms with Gasteiger partial charge in [0.2, 0.25) is 0 Å². The van der Waals surface area contributed by atoms with Crippen LogP contribution in [-0.4, -0.2) is 16.0 Å². The van der Waals surface area contributed by atoms with E-state index in [1.54, 1.807) is 11.3 Å². The van der Waals surface area contributed by atoms with Gasteiger partial charge in [-0.1, -0.05) is 6.07 Å². The number of aromatic nitrogens is 2. The van der Waals surface area contributed by atoms with Gasteiger partial charge in [0, 0.05) is 17.0 Å². The van der Waals surface area contributed by atoms with Crippen molar-refractivity contribution in [2.45, 2.75) is 32.4 Å². The van der Waals surface area contributed by atoms with Crippen molar-refractivity contribution in [3.63, 3.8) is 0 Å². The fourth-order valence-corrected chi connectivity index (χ4v) is 2.78. The number of aryl methyl sites for hydroxylation is 1. The molecular weight excluding hydrogens is 244 g/mol. The standard InChI is InChI=1S/C13H16N4S/c1-9-15-12(14)7-13(16-9)17(10-4-5-10)8-11-3-2-6-18-11/h2-3,6-7,10H,4-5,8H2,1H3,(H2,14,15,16). The fraction of sp³-hybridized carbons (Fsp3) is 0.385. The van der Waals surface area contributed by atoms with Crippen LogP contribution in [0.3, 0.4) is 0 Å². The molecule has 0 atom stereocenters. The van der Waals surface area contributed by atoms with Crippen LogP contribution in [0.1, 0.15) is 23.5 Å². The molecule has 0 unspecified atom stereocenters. The maximum atomic E-state index is 5.82. The molecular formula is C13H16N4S. The van der Waals surface area contributed by atoms with Gasteiger partial charge in [0.25, 0.3) is 0 Å². The van der Waals surface area contributed by atoms with Crippen molar-refractivity contribution in [3.05, 3.63) is 34.3 Å². The average molecular weight is 260 g/mol. The topological polar surface area (TPSA) is 55.0 Å². The molecule has 3 rings (SSSR count). The number of anilines is 2. The smallest absolute Gasteiger partial charge is 0.134 e. The van der Waals surface area contributed by atoms with Crippen molar-refractivity contribution in [1.29, 1.82) is 0 Å². The SMILES string of the molecule is Cc1nc(N)cc(N(Cc2cccs2)C2CC2)n1. The molecule has 1 saturated carbocycles. The van der Waals surface area contributed by atoms with Gasteiger partial charge in [-0.2, -0.15) is 0 Å². The number of nitrogens with zero attached hydrogens (tertiary/aromatic N) is 3. The molecule has 0 bridgehead atoms. The number of hydrogen-bond acceptors (Lipinski definition) is 5. The summed E-state index contributed by atoms with van der Waals surface area (Å²) in [6, 6.07) is 6.74. The Labute approximate surface area is 110 Å². The number of nitrogen functional groups attached to an aromatic ring is 1. The summed E-state index contributed by atoms with van der Waals surface area (Å²) in [6.45, 7) is 2.80. The molecule has 2 aromatic rings. The summed E-state index contributed by atoms with van der Waals surface area (Å²) >= 11 is 1.78. The van der Waals surface area contributed by atoms with Crippen LogP contribution < -0.4 is 10.6 Å². The molecule has 1 aliphatic carbocycles. The van der Waals surface area contributed by atoms with Crippen LogP contribution in [0.5, 0.6) is 0 Å². The Morgan fingerprint density at radius 1 is 1.44 bits per heavy atom. The maximum absolute atomic E-state index is 5.82. The lowest BCUT2D eigenvalue weighted by Gasteiger charge is -2.23. The van der Waals surface area contributed by atoms with Crippen LogP contribution in [-0.2, 0) is 6.54 Å². The Hall–Kier alpha value is -1.62. The van der Waals surface area contributed by atoms with E-state index in [1.165, 1.54) is 17.7 Å². The van der Waals surface area contributed by atoms with E-state index in [0.717, 1.165) is 18.2 Å². The summed E-state index contributed by atoms with van der Waals surface area (Å²) in [7, 11) is 0. The van der Waals surface area contributed by atoms with Crippen molar-refractivity contribution >= 4 is 23.0 Å². The molecule has 18 heavy (non-hydrogen) atoms. The molecule has 0 aliphatic heterocycles. The predicted octanol–water partition coefficient (Wildman–Crippen LogP) is 2.60. The highest BCUT2D eigenvalue weighted by atomic mass is 32.1. The first kappa shape index (κ1) is 11.5. The quantitative estimate of drug-likeness (QED) is 0.918. The molecule has 0 aromatic carbocycles. The summed E-state index contributed by atoms with van der Waals surface area (Å²) in [6.07, 6.45) is 2.49. The van der Waals surface area contributed by atoms with Crippen molar-refractivity contribution < 1.29 is 0 Å². The second kappa shape index (κ2) is 4.57. The second-order valence-electron chi connectivity index (χ2n) is 4.64. The largest absolute Gasteiger partial charge is 0.384 e. The molecule has 0 saturated heterocycles. The van der Waals surface area contributed by atoms with Crippen molar-refractivity contribution in [3.8, 4) is 0 Å². The highest BCUT2D eigenvalue weighted by Gasteiger charge is 2.30. The first-order chi connectivity index (χ1) is 8.72. The first-order valence-corrected chi connectivity index (χ1v) is 7.00. The summed E-state index contributed by atoms with van der Waals surface area (Å²) < 4.78 is 0. The third-order valence-corrected chi connectivity index (χ3v) is 3.89. The van der Waals surface area contributed by atoms with Gasteiger partial charge in [-0.05, 0) is 31.2 Å². The van der Waals surface area contributed by atoms with E-state index >= 15 is 0 Å². The minimum atomic E-state index is 0.550. The molecule has 94 valence electrons. The zero-order valence-corrected chi connectivity index (χ0v) is 11.2. The van der Waals surface area contributed by atoms with E-state index in [9.17, 15) is 0 Å². The van der Waals surface area contributed by atoms with Gasteiger partial charge in [0.15, 0.2) is 0 Å². The lowest BCUT2D eigenvalue weighted by Crippen LogP contribution is -2.26. The van der Waals surface area contributed by atoms with Gasteiger partial charge in [0.05, 0.1) is 6.54 Å². The molecule has 0 amide bonds. The zero-order chi connectivity index (χ0) is 12.5. The molecule has 2 N–H and O–H groups in total. The number of rotatable bonds is 4. The molecule has 2 aromatic heterocycles. The summed E-state index contributed by atoms with van der Waals surface area (Å²) in [5, 5.41) is 2.11. The summed E-state index contributed by atoms with van der Waals surface area (Å²) in [5.74, 6) is 2.24. The number of hydrogen-bond donors (Lipinski definition) is 1. The monoisotopic (exact) mass is 260 g/mol. The molecule has 1 aliphatic rings. The van der Waals surface area contributed by atoms with E-state index in [2.05, 4.69) is 32.4 Å². The molecule has 0 spiro atoms. The van der Waals surface area contributed by atoms with Gasteiger partial charge in [-0.15, -0.1) is 11.3 Å². The highest BCUT2D eigenvalue weighted by molar-refractivity contribution is 7.09. The lowest BCUT2D eigenvalue weighted by atomic mass is 10.3. The van der Waals surface area contributed by atoms with Gasteiger partial charge in [0.1, 0.15) is 17.5 Å². The molecule has 4 nitrogen and oxygen atoms in total. The maximum Gasteiger partial charge on any atom is 0.134 e. The Bertz CT molecular complexity index is 514. The van der Waals surface area contributed by atoms with Crippen LogP contribution in [0, 0.1) is 6.92 Å². The van der Waals surface area contributed by atoms with Gasteiger partial charge in [-0.25, -0.2) is 9.97 Å². The second-order valence-corrected chi connectivity index (χ2v) is 5.67. The van der Waals surface area contributed by atoms with Gasteiger partial charge >= 0.3 is 0 Å². The molecule has 2 heterocycles. The van der Waals surface area contributed by atoms with Crippen LogP contribution in [0.25, 0.3) is 0 Å². The van der Waals surface area contributed by atoms with E-state index in [0.29, 0.717) is 11.9 Å². The average Bonchev–Trinajstić information content (AvgIpc) is 3.02. The van der Waals surface area contributed by atoms with E-state index < -0.39 is 0 Å². The lowest BCUT2D eigenvalue weighted by molar-refractivity contribution is 0.779. The molecule has 0 radical (unpaired) electrons. The molecule has 1 fully saturated rings. The van der Waals surface area contributed by atoms with Crippen LogP contribution in [0.15, 0.2) is 23.6 Å². The van der Waals surface area contributed by atoms with Crippen LogP contribution in [0.4, 0.5) is 11.6 Å². The van der Waals surface area contributed by atoms with Gasteiger partial charge < -0.3 is 10.6 Å². The minimum absolute atomic E-state index is 0.550. The first-order valence-electron chi connectivity index (χ1n) is 6.12. The minimum Gasteiger partial charge on any atom is -0.384 e. The number of thiophene rings is 1. The fourth-order valence-electron chi connectivity index (χ4n) is 2.08. The third kappa shape index (κ3) is 2.46. The van der Waals surface area contributed by atoms with E-state index in [1.807, 2.05) is 13.0 Å². The van der Waals surface area contributed by atoms with Gasteiger partial charge in [-0.3, -0.25) is 0 Å². The summed E-state index contributed by atoms with van der Waals surface area (Å²) in [4.78, 5) is 12.4. The summed E-state index contributed by atoms with van der Waals surface area (Å²) in [5.41, 5.74) is 5.82. The van der Waals surface area contributed by atoms with Crippen molar-refractivity contribution in [1.82, 2.24) is 9.97 Å². The van der Waals surface area contributed by atoms with E-state index in [4.69, 9.17) is 5.73 Å². The number of nitrogens with two attached hydrogens (primary N) is 1. The Kier molecular flexibility index (Phi) is 2.91. The normalized spacial score (nSPS) is 14.7. The Morgan fingerprint density at radius 3 is 2.89 bits per heavy atom. The van der Waals surface area contributed by atoms with Crippen molar-refractivity contribution in [2.75, 3.05) is 10.6 Å². The Balaban J connectivity index is 1.89. The highest BCUT2D eigenvalue weighted by Crippen LogP contribution is 2.33. The van der Waals surface area contributed by atoms with Crippen LogP contribution in [0.2, 0.25) is 0 Å². The van der Waals surface area contributed by atoms with E-state index in [-0.39, 0.29) is 0 Å². The van der Waals surface area contributed by atoms with Crippen LogP contribution >= 0.6 is 11.3 Å².